The Balaban J connectivity index is 3.36. The molecule has 0 radical (unpaired) electrons. The first kappa shape index (κ1) is 14.7. The Bertz CT molecular complexity index is 249. The van der Waals surface area contributed by atoms with E-state index in [1.54, 1.807) is 0 Å². The Hall–Kier alpha value is -1.31. The van der Waals surface area contributed by atoms with E-state index < -0.39 is 0 Å². The van der Waals surface area contributed by atoms with Crippen LogP contribution in [0.3, 0.4) is 0 Å². The molecule has 0 N–H and O–H groups in total. The normalized spacial score (nSPS) is 11.9. The molecule has 90 valence electrons. The zero-order chi connectivity index (χ0) is 12.1. The van der Waals surface area contributed by atoms with Crippen LogP contribution in [0.25, 0.3) is 0 Å². The lowest BCUT2D eigenvalue weighted by molar-refractivity contribution is -0.137. The average molecular weight is 222 g/mol. The van der Waals surface area contributed by atoms with Gasteiger partial charge < -0.3 is 4.74 Å². The van der Waals surface area contributed by atoms with Crippen LogP contribution < -0.4 is 0 Å². The molecule has 2 heteroatoms. The first-order valence-electron chi connectivity index (χ1n) is 5.92. The van der Waals surface area contributed by atoms with Crippen LogP contribution in [0.5, 0.6) is 0 Å². The van der Waals surface area contributed by atoms with Gasteiger partial charge in [0.25, 0.3) is 0 Å². The van der Waals surface area contributed by atoms with Gasteiger partial charge in [-0.05, 0) is 39.5 Å². The summed E-state index contributed by atoms with van der Waals surface area (Å²) in [7, 11) is 0. The Morgan fingerprint density at radius 1 is 1.12 bits per heavy atom. The lowest BCUT2D eigenvalue weighted by Gasteiger charge is -1.95. The van der Waals surface area contributed by atoms with Crippen LogP contribution in [-0.2, 0) is 9.53 Å². The number of hydrogen-bond acceptors (Lipinski definition) is 2. The summed E-state index contributed by atoms with van der Waals surface area (Å²) >= 11 is 0. The maximum Gasteiger partial charge on any atom is 0.330 e. The van der Waals surface area contributed by atoms with E-state index in [0.29, 0.717) is 6.61 Å². The van der Waals surface area contributed by atoms with Gasteiger partial charge >= 0.3 is 5.97 Å². The van der Waals surface area contributed by atoms with Gasteiger partial charge in [0, 0.05) is 6.08 Å². The van der Waals surface area contributed by atoms with Crippen molar-refractivity contribution in [3.05, 3.63) is 36.5 Å². The van der Waals surface area contributed by atoms with Crippen molar-refractivity contribution in [3.63, 3.8) is 0 Å². The van der Waals surface area contributed by atoms with E-state index in [4.69, 9.17) is 4.74 Å². The van der Waals surface area contributed by atoms with Crippen LogP contribution >= 0.6 is 0 Å². The third-order valence-electron chi connectivity index (χ3n) is 1.97. The zero-order valence-corrected chi connectivity index (χ0v) is 10.3. The van der Waals surface area contributed by atoms with Gasteiger partial charge in [-0.15, -0.1) is 0 Å². The van der Waals surface area contributed by atoms with Gasteiger partial charge in [0.05, 0.1) is 6.61 Å². The summed E-state index contributed by atoms with van der Waals surface area (Å²) < 4.78 is 4.77. The molecule has 0 heterocycles. The summed E-state index contributed by atoms with van der Waals surface area (Å²) in [6, 6.07) is 0. The Labute approximate surface area is 98.7 Å². The highest BCUT2D eigenvalue weighted by molar-refractivity contribution is 5.81. The van der Waals surface area contributed by atoms with Gasteiger partial charge in [0.15, 0.2) is 0 Å². The molecule has 0 aromatic rings. The van der Waals surface area contributed by atoms with Crippen LogP contribution in [0, 0.1) is 0 Å². The van der Waals surface area contributed by atoms with Crippen molar-refractivity contribution in [2.24, 2.45) is 0 Å². The highest BCUT2D eigenvalue weighted by atomic mass is 16.5. The average Bonchev–Trinajstić information content (AvgIpc) is 2.27. The molecule has 0 aliphatic carbocycles. The standard InChI is InChI=1S/C14H22O2/c1-3-5-6-7-8-9-10-11-12-13-14(15)16-4-2/h3,5-7,12-13H,4,8-11H2,1-2H3/b5-3+,7-6+,13-12+. The second-order valence-electron chi connectivity index (χ2n) is 3.39. The third-order valence-corrected chi connectivity index (χ3v) is 1.97. The van der Waals surface area contributed by atoms with E-state index in [9.17, 15) is 4.79 Å². The molecule has 16 heavy (non-hydrogen) atoms. The smallest absolute Gasteiger partial charge is 0.330 e. The van der Waals surface area contributed by atoms with Crippen LogP contribution in [0.15, 0.2) is 36.5 Å². The minimum atomic E-state index is -0.240. The first-order chi connectivity index (χ1) is 7.81. The fourth-order valence-electron chi connectivity index (χ4n) is 1.18. The highest BCUT2D eigenvalue weighted by Crippen LogP contribution is 2.01. The molecule has 0 aromatic carbocycles. The van der Waals surface area contributed by atoms with E-state index in [1.807, 2.05) is 32.1 Å². The van der Waals surface area contributed by atoms with E-state index in [-0.39, 0.29) is 5.97 Å². The quantitative estimate of drug-likeness (QED) is 0.270. The van der Waals surface area contributed by atoms with Crippen molar-refractivity contribution in [3.8, 4) is 0 Å². The number of carbonyl (C=O) groups excluding carboxylic acids is 1. The number of esters is 1. The Kier molecular flexibility index (Phi) is 10.8. The van der Waals surface area contributed by atoms with Crippen LogP contribution in [0.4, 0.5) is 0 Å². The molecule has 0 amide bonds. The van der Waals surface area contributed by atoms with Crippen molar-refractivity contribution < 1.29 is 9.53 Å². The molecule has 0 fully saturated rings. The lowest BCUT2D eigenvalue weighted by atomic mass is 10.2. The third kappa shape index (κ3) is 10.8. The SMILES string of the molecule is C/C=C/C=C/CCCC/C=C/C(=O)OCC. The van der Waals surface area contributed by atoms with Gasteiger partial charge in [0.1, 0.15) is 0 Å². The molecule has 0 spiro atoms. The summed E-state index contributed by atoms with van der Waals surface area (Å²) in [5.41, 5.74) is 0. The fraction of sp³-hybridized carbons (Fsp3) is 0.500. The summed E-state index contributed by atoms with van der Waals surface area (Å²) in [4.78, 5) is 10.9. The number of hydrogen-bond donors (Lipinski definition) is 0. The van der Waals surface area contributed by atoms with Crippen molar-refractivity contribution in [1.82, 2.24) is 0 Å². The molecule has 0 bridgehead atoms. The van der Waals surface area contributed by atoms with Gasteiger partial charge in [-0.2, -0.15) is 0 Å². The van der Waals surface area contributed by atoms with Crippen molar-refractivity contribution in [1.29, 1.82) is 0 Å². The summed E-state index contributed by atoms with van der Waals surface area (Å²) in [6.07, 6.45) is 16.0. The number of carbonyl (C=O) groups is 1. The van der Waals surface area contributed by atoms with E-state index in [0.717, 1.165) is 25.7 Å². The number of ether oxygens (including phenoxy) is 1. The largest absolute Gasteiger partial charge is 0.463 e. The summed E-state index contributed by atoms with van der Waals surface area (Å²) in [5.74, 6) is -0.240. The van der Waals surface area contributed by atoms with E-state index in [2.05, 4.69) is 12.2 Å². The lowest BCUT2D eigenvalue weighted by Crippen LogP contribution is -1.98. The molecule has 0 aliphatic rings. The number of unbranched alkanes of at least 4 members (excludes halogenated alkanes) is 3. The van der Waals surface area contributed by atoms with E-state index >= 15 is 0 Å². The van der Waals surface area contributed by atoms with Gasteiger partial charge in [-0.1, -0.05) is 30.4 Å². The number of allylic oxidation sites excluding steroid dienone is 5. The second kappa shape index (κ2) is 11.8. The van der Waals surface area contributed by atoms with Gasteiger partial charge in [0.2, 0.25) is 0 Å². The Morgan fingerprint density at radius 3 is 2.44 bits per heavy atom. The summed E-state index contributed by atoms with van der Waals surface area (Å²) in [6.45, 7) is 4.26. The first-order valence-corrected chi connectivity index (χ1v) is 5.92. The molecular formula is C14H22O2. The van der Waals surface area contributed by atoms with Crippen LogP contribution in [-0.4, -0.2) is 12.6 Å². The molecule has 2 nitrogen and oxygen atoms in total. The van der Waals surface area contributed by atoms with Gasteiger partial charge in [-0.25, -0.2) is 4.79 Å². The van der Waals surface area contributed by atoms with E-state index in [1.165, 1.54) is 6.08 Å². The van der Waals surface area contributed by atoms with Crippen LogP contribution in [0.1, 0.15) is 39.5 Å². The molecule has 0 aromatic heterocycles. The topological polar surface area (TPSA) is 26.3 Å². The fourth-order valence-corrected chi connectivity index (χ4v) is 1.18. The maximum atomic E-state index is 10.9. The number of rotatable bonds is 8. The van der Waals surface area contributed by atoms with Crippen molar-refractivity contribution in [2.45, 2.75) is 39.5 Å². The maximum absolute atomic E-state index is 10.9. The predicted molar refractivity (Wildman–Crippen MR) is 68.2 cm³/mol. The molecule has 0 saturated heterocycles. The molecule has 0 aliphatic heterocycles. The molecule has 0 saturated carbocycles. The summed E-state index contributed by atoms with van der Waals surface area (Å²) in [5, 5.41) is 0. The minimum Gasteiger partial charge on any atom is -0.463 e. The van der Waals surface area contributed by atoms with Crippen LogP contribution in [0.2, 0.25) is 0 Å². The predicted octanol–water partition coefficient (Wildman–Crippen LogP) is 3.80. The van der Waals surface area contributed by atoms with Gasteiger partial charge in [-0.3, -0.25) is 0 Å². The Morgan fingerprint density at radius 2 is 1.81 bits per heavy atom. The highest BCUT2D eigenvalue weighted by Gasteiger charge is 1.91. The molecule has 0 atom stereocenters. The minimum absolute atomic E-state index is 0.240. The monoisotopic (exact) mass is 222 g/mol. The second-order valence-corrected chi connectivity index (χ2v) is 3.39. The molecule has 0 unspecified atom stereocenters. The molecule has 0 rings (SSSR count). The molecular weight excluding hydrogens is 200 g/mol. The van der Waals surface area contributed by atoms with Crippen molar-refractivity contribution in [2.75, 3.05) is 6.61 Å². The zero-order valence-electron chi connectivity index (χ0n) is 10.3. The van der Waals surface area contributed by atoms with Crippen molar-refractivity contribution >= 4 is 5.97 Å².